The maximum atomic E-state index is 12.4. The van der Waals surface area contributed by atoms with Crippen LogP contribution >= 0.6 is 0 Å². The molecule has 24 heavy (non-hydrogen) atoms. The molecule has 7 nitrogen and oxygen atoms in total. The van der Waals surface area contributed by atoms with Gasteiger partial charge in [-0.15, -0.1) is 0 Å². The van der Waals surface area contributed by atoms with Crippen molar-refractivity contribution in [1.29, 1.82) is 0 Å². The predicted molar refractivity (Wildman–Crippen MR) is 91.9 cm³/mol. The van der Waals surface area contributed by atoms with Gasteiger partial charge < -0.3 is 15.7 Å². The molecule has 0 radical (unpaired) electrons. The molecule has 0 bridgehead atoms. The first kappa shape index (κ1) is 17.9. The van der Waals surface area contributed by atoms with Gasteiger partial charge in [-0.1, -0.05) is 33.8 Å². The largest absolute Gasteiger partial charge is 0.394 e. The molecule has 1 atom stereocenters. The summed E-state index contributed by atoms with van der Waals surface area (Å²) in [5.41, 5.74) is 0.519. The van der Waals surface area contributed by atoms with Crippen molar-refractivity contribution in [3.8, 4) is 0 Å². The van der Waals surface area contributed by atoms with Crippen molar-refractivity contribution < 1.29 is 14.7 Å². The first-order valence-electron chi connectivity index (χ1n) is 7.96. The Balaban J connectivity index is 2.28. The van der Waals surface area contributed by atoms with Gasteiger partial charge in [0.15, 0.2) is 0 Å². The molecule has 0 spiro atoms. The third-order valence-electron chi connectivity index (χ3n) is 3.85. The molecule has 2 rings (SSSR count). The number of amides is 2. The van der Waals surface area contributed by atoms with Crippen molar-refractivity contribution in [2.24, 2.45) is 5.41 Å². The molecular formula is C17H24N4O3. The van der Waals surface area contributed by atoms with Crippen LogP contribution in [0, 0.1) is 5.41 Å². The smallest absolute Gasteiger partial charge is 0.271 e. The van der Waals surface area contributed by atoms with E-state index in [0.29, 0.717) is 17.9 Å². The first-order valence-corrected chi connectivity index (χ1v) is 7.96. The second kappa shape index (κ2) is 7.00. The molecule has 3 N–H and O–H groups in total. The zero-order chi connectivity index (χ0) is 17.9. The molecule has 0 aliphatic heterocycles. The number of imidazole rings is 1. The highest BCUT2D eigenvalue weighted by Gasteiger charge is 2.26. The number of carbonyl (C=O) groups is 2. The van der Waals surface area contributed by atoms with Gasteiger partial charge in [0.1, 0.15) is 17.2 Å². The van der Waals surface area contributed by atoms with E-state index in [0.717, 1.165) is 0 Å². The monoisotopic (exact) mass is 332 g/mol. The summed E-state index contributed by atoms with van der Waals surface area (Å²) in [7, 11) is 0. The number of rotatable bonds is 5. The second-order valence-electron chi connectivity index (χ2n) is 6.74. The van der Waals surface area contributed by atoms with Gasteiger partial charge in [0.25, 0.3) is 5.91 Å². The number of anilines is 1. The molecule has 2 amide bonds. The molecule has 0 aliphatic carbocycles. The number of hydrogen-bond acceptors (Lipinski definition) is 4. The average molecular weight is 332 g/mol. The number of aliphatic hydroxyl groups is 1. The van der Waals surface area contributed by atoms with E-state index in [4.69, 9.17) is 0 Å². The molecule has 0 saturated heterocycles. The molecule has 2 aromatic heterocycles. The summed E-state index contributed by atoms with van der Waals surface area (Å²) in [6, 6.07) is 4.89. The van der Waals surface area contributed by atoms with Crippen molar-refractivity contribution in [3.05, 3.63) is 30.1 Å². The van der Waals surface area contributed by atoms with Gasteiger partial charge in [-0.3, -0.25) is 14.0 Å². The highest BCUT2D eigenvalue weighted by molar-refractivity contribution is 5.94. The van der Waals surface area contributed by atoms with E-state index in [1.165, 1.54) is 0 Å². The summed E-state index contributed by atoms with van der Waals surface area (Å²) in [4.78, 5) is 28.3. The molecular weight excluding hydrogens is 308 g/mol. The zero-order valence-electron chi connectivity index (χ0n) is 14.5. The fourth-order valence-electron chi connectivity index (χ4n) is 2.22. The van der Waals surface area contributed by atoms with Crippen LogP contribution in [0.15, 0.2) is 24.4 Å². The summed E-state index contributed by atoms with van der Waals surface area (Å²) in [5.74, 6) is 0.0798. The number of pyridine rings is 1. The third kappa shape index (κ3) is 3.91. The number of aliphatic hydroxyl groups excluding tert-OH is 1. The normalized spacial score (nSPS) is 12.9. The number of aromatic nitrogens is 2. The van der Waals surface area contributed by atoms with Crippen molar-refractivity contribution in [2.45, 2.75) is 40.2 Å². The van der Waals surface area contributed by atoms with Gasteiger partial charge in [0.05, 0.1) is 12.6 Å². The maximum Gasteiger partial charge on any atom is 0.271 e. The van der Waals surface area contributed by atoms with Crippen LogP contribution in [0.5, 0.6) is 0 Å². The van der Waals surface area contributed by atoms with Crippen LogP contribution in [-0.4, -0.2) is 39.0 Å². The number of fused-ring (bicyclic) bond motifs is 1. The maximum absolute atomic E-state index is 12.4. The number of nitrogens with zero attached hydrogens (tertiary/aromatic N) is 2. The Hall–Kier alpha value is -2.41. The van der Waals surface area contributed by atoms with E-state index < -0.39 is 0 Å². The summed E-state index contributed by atoms with van der Waals surface area (Å²) >= 11 is 0. The molecule has 2 aromatic rings. The van der Waals surface area contributed by atoms with Crippen LogP contribution in [0.2, 0.25) is 0 Å². The van der Waals surface area contributed by atoms with E-state index in [1.54, 1.807) is 35.7 Å². The number of nitrogens with one attached hydrogen (secondary N) is 2. The molecule has 7 heteroatoms. The molecule has 130 valence electrons. The van der Waals surface area contributed by atoms with Crippen LogP contribution in [-0.2, 0) is 4.79 Å². The molecule has 0 aliphatic rings. The highest BCUT2D eigenvalue weighted by Crippen LogP contribution is 2.19. The van der Waals surface area contributed by atoms with E-state index in [1.807, 2.05) is 20.8 Å². The fourth-order valence-corrected chi connectivity index (χ4v) is 2.22. The van der Waals surface area contributed by atoms with Gasteiger partial charge >= 0.3 is 0 Å². The lowest BCUT2D eigenvalue weighted by Gasteiger charge is -2.29. The summed E-state index contributed by atoms with van der Waals surface area (Å²) in [6.07, 6.45) is 1.94. The summed E-state index contributed by atoms with van der Waals surface area (Å²) in [6.45, 7) is 7.44. The van der Waals surface area contributed by atoms with Gasteiger partial charge in [0, 0.05) is 12.6 Å². The zero-order valence-corrected chi connectivity index (χ0v) is 14.5. The Kier molecular flexibility index (Phi) is 5.23. The summed E-state index contributed by atoms with van der Waals surface area (Å²) < 4.78 is 1.66. The minimum Gasteiger partial charge on any atom is -0.394 e. The standard InChI is InChI=1S/C17H24N4O3/c1-5-15(23)20-14-8-6-7-13-18-11(9-21(13)14)16(24)19-12(10-22)17(2,3)4/h6-9,12,22H,5,10H2,1-4H3,(H,19,24)(H,20,23)/t12-/m1/s1. The lowest BCUT2D eigenvalue weighted by atomic mass is 9.87. The van der Waals surface area contributed by atoms with Crippen LogP contribution in [0.4, 0.5) is 5.82 Å². The van der Waals surface area contributed by atoms with Crippen molar-refractivity contribution in [1.82, 2.24) is 14.7 Å². The van der Waals surface area contributed by atoms with Gasteiger partial charge in [-0.05, 0) is 17.5 Å². The quantitative estimate of drug-likeness (QED) is 0.778. The van der Waals surface area contributed by atoms with Crippen molar-refractivity contribution in [2.75, 3.05) is 11.9 Å². The van der Waals surface area contributed by atoms with Gasteiger partial charge in [0.2, 0.25) is 5.91 Å². The Bertz CT molecular complexity index is 746. The Morgan fingerprint density at radius 1 is 1.33 bits per heavy atom. The SMILES string of the molecule is CCC(=O)Nc1cccc2nc(C(=O)N[C@H](CO)C(C)(C)C)cn12. The third-order valence-corrected chi connectivity index (χ3v) is 3.85. The Morgan fingerprint density at radius 2 is 2.04 bits per heavy atom. The van der Waals surface area contributed by atoms with Crippen molar-refractivity contribution >= 4 is 23.3 Å². The lowest BCUT2D eigenvalue weighted by Crippen LogP contribution is -2.46. The Morgan fingerprint density at radius 3 is 2.62 bits per heavy atom. The second-order valence-corrected chi connectivity index (χ2v) is 6.74. The minimum absolute atomic E-state index is 0.115. The molecule has 0 saturated carbocycles. The summed E-state index contributed by atoms with van der Waals surface area (Å²) in [5, 5.41) is 15.1. The van der Waals surface area contributed by atoms with Crippen LogP contribution in [0.1, 0.15) is 44.6 Å². The van der Waals surface area contributed by atoms with Crippen molar-refractivity contribution in [3.63, 3.8) is 0 Å². The topological polar surface area (TPSA) is 95.7 Å². The number of hydrogen-bond donors (Lipinski definition) is 3. The molecule has 2 heterocycles. The molecule has 0 aromatic carbocycles. The lowest BCUT2D eigenvalue weighted by molar-refractivity contribution is -0.115. The number of carbonyl (C=O) groups excluding carboxylic acids is 2. The average Bonchev–Trinajstić information content (AvgIpc) is 2.96. The van der Waals surface area contributed by atoms with E-state index in [2.05, 4.69) is 15.6 Å². The van der Waals surface area contributed by atoms with Crippen LogP contribution in [0.3, 0.4) is 0 Å². The molecule has 0 unspecified atom stereocenters. The fraction of sp³-hybridized carbons (Fsp3) is 0.471. The van der Waals surface area contributed by atoms with E-state index in [9.17, 15) is 14.7 Å². The first-order chi connectivity index (χ1) is 11.3. The Labute approximate surface area is 141 Å². The van der Waals surface area contributed by atoms with Crippen LogP contribution < -0.4 is 10.6 Å². The molecule has 0 fully saturated rings. The van der Waals surface area contributed by atoms with E-state index >= 15 is 0 Å². The van der Waals surface area contributed by atoms with E-state index in [-0.39, 0.29) is 35.6 Å². The van der Waals surface area contributed by atoms with Gasteiger partial charge in [-0.25, -0.2) is 4.98 Å². The van der Waals surface area contributed by atoms with Gasteiger partial charge in [-0.2, -0.15) is 0 Å². The predicted octanol–water partition coefficient (Wildman–Crippen LogP) is 1.82. The highest BCUT2D eigenvalue weighted by atomic mass is 16.3. The van der Waals surface area contributed by atoms with Crippen LogP contribution in [0.25, 0.3) is 5.65 Å². The minimum atomic E-state index is -0.380.